The zero-order chi connectivity index (χ0) is 78.0. The number of aryl methyl sites for hydroxylation is 6. The van der Waals surface area contributed by atoms with Gasteiger partial charge in [0.1, 0.15) is 0 Å². The Kier molecular flexibility index (Phi) is 19.0. The van der Waals surface area contributed by atoms with Crippen molar-refractivity contribution in [2.45, 2.75) is 160 Å². The lowest BCUT2D eigenvalue weighted by Gasteiger charge is -2.45. The van der Waals surface area contributed by atoms with E-state index in [1.54, 1.807) is 0 Å². The zero-order valence-electron chi connectivity index (χ0n) is 68.8. The van der Waals surface area contributed by atoms with Gasteiger partial charge in [-0.3, -0.25) is 0 Å². The standard InChI is InChI=1S/C108H104BN3/c1-63(2)81-55-88(65(5)6)105(89(56-81)66(7)8)78-43-50-96-92(53-78)93-54-79(106-90(67(9)10)57-82(64(3)4)58-91(106)68(11)12)44-51-97(93)111(96)85-48-49-94-99(62-85)112(108-86(75-35-21-19-22-36-75)39-28-40-87(108)76-37-23-20-24-38-76)101-61-83(104-73(17)33-27-34-74(104)18)60-100-107(101)109(94)95-59-80(103-71(15)31-26-32-72(103)16)45-52-98(95)110(100)84-46-41-77(42-47-84)102-69(13)29-25-30-70(102)14/h19-68H,1-18H3. The van der Waals surface area contributed by atoms with Crippen molar-refractivity contribution in [3.63, 3.8) is 0 Å². The Bertz CT molecular complexity index is 5910. The second-order valence-corrected chi connectivity index (χ2v) is 34.2. The maximum atomic E-state index is 2.73. The monoisotopic (exact) mass is 1450 g/mol. The molecule has 17 rings (SSSR count). The number of rotatable bonds is 16. The average molecular weight is 1450 g/mol. The molecule has 0 unspecified atom stereocenters. The van der Waals surface area contributed by atoms with Crippen molar-refractivity contribution < 1.29 is 0 Å². The van der Waals surface area contributed by atoms with Crippen molar-refractivity contribution in [1.29, 1.82) is 0 Å². The average Bonchev–Trinajstić information content (AvgIpc) is 0.730. The van der Waals surface area contributed by atoms with Crippen LogP contribution in [-0.2, 0) is 0 Å². The fourth-order valence-electron chi connectivity index (χ4n) is 19.2. The van der Waals surface area contributed by atoms with E-state index in [1.165, 1.54) is 172 Å². The molecule has 3 heterocycles. The number of para-hydroxylation sites is 1. The number of hydrogen-bond donors (Lipinski definition) is 0. The molecule has 2 aliphatic heterocycles. The molecule has 0 amide bonds. The third kappa shape index (κ3) is 12.4. The predicted molar refractivity (Wildman–Crippen MR) is 486 cm³/mol. The molecule has 14 aromatic carbocycles. The minimum Gasteiger partial charge on any atom is -0.311 e. The van der Waals surface area contributed by atoms with Gasteiger partial charge in [-0.1, -0.05) is 283 Å². The van der Waals surface area contributed by atoms with E-state index in [4.69, 9.17) is 0 Å². The topological polar surface area (TPSA) is 11.4 Å². The molecule has 4 heteroatoms. The Hall–Kier alpha value is -11.5. The number of fused-ring (bicyclic) bond motifs is 7. The van der Waals surface area contributed by atoms with E-state index in [0.29, 0.717) is 35.5 Å². The normalized spacial score (nSPS) is 12.6. The van der Waals surface area contributed by atoms with Crippen LogP contribution in [0.15, 0.2) is 267 Å². The van der Waals surface area contributed by atoms with E-state index in [9.17, 15) is 0 Å². The van der Waals surface area contributed by atoms with Gasteiger partial charge in [-0.25, -0.2) is 0 Å². The van der Waals surface area contributed by atoms with E-state index in [0.717, 1.165) is 50.7 Å². The summed E-state index contributed by atoms with van der Waals surface area (Å²) in [7, 11) is 0. The predicted octanol–water partition coefficient (Wildman–Crippen LogP) is 29.1. The molecule has 0 atom stereocenters. The number of aromatic nitrogens is 1. The highest BCUT2D eigenvalue weighted by Crippen LogP contribution is 2.54. The maximum Gasteiger partial charge on any atom is 0.252 e. The van der Waals surface area contributed by atoms with Gasteiger partial charge in [0.15, 0.2) is 0 Å². The molecule has 15 aromatic rings. The molecule has 0 N–H and O–H groups in total. The highest BCUT2D eigenvalue weighted by molar-refractivity contribution is 7.00. The first kappa shape index (κ1) is 73.4. The minimum absolute atomic E-state index is 0.214. The van der Waals surface area contributed by atoms with Crippen molar-refractivity contribution >= 4 is 79.0 Å². The van der Waals surface area contributed by atoms with Crippen LogP contribution in [0.3, 0.4) is 0 Å². The molecule has 0 fully saturated rings. The van der Waals surface area contributed by atoms with Crippen LogP contribution in [-0.4, -0.2) is 11.3 Å². The summed E-state index contributed by atoms with van der Waals surface area (Å²) in [5.41, 5.74) is 47.4. The summed E-state index contributed by atoms with van der Waals surface area (Å²) in [5.74, 6) is 2.08. The fraction of sp³-hybridized carbons (Fsp3) is 0.222. The van der Waals surface area contributed by atoms with E-state index < -0.39 is 0 Å². The van der Waals surface area contributed by atoms with Gasteiger partial charge >= 0.3 is 0 Å². The Morgan fingerprint density at radius 2 is 0.634 bits per heavy atom. The van der Waals surface area contributed by atoms with Crippen LogP contribution in [0.2, 0.25) is 0 Å². The summed E-state index contributed by atoms with van der Waals surface area (Å²) in [6.45, 7) is 41.9. The Labute approximate surface area is 666 Å². The maximum absolute atomic E-state index is 2.73. The first-order valence-corrected chi connectivity index (χ1v) is 41.1. The highest BCUT2D eigenvalue weighted by Gasteiger charge is 2.45. The number of hydrogen-bond acceptors (Lipinski definition) is 2. The first-order chi connectivity index (χ1) is 54.0. The van der Waals surface area contributed by atoms with Gasteiger partial charge in [-0.15, -0.1) is 0 Å². The van der Waals surface area contributed by atoms with E-state index in [-0.39, 0.29) is 6.71 Å². The van der Waals surface area contributed by atoms with E-state index in [2.05, 4.69) is 406 Å². The summed E-state index contributed by atoms with van der Waals surface area (Å²) in [5, 5.41) is 2.49. The van der Waals surface area contributed by atoms with Crippen LogP contribution in [0.25, 0.3) is 105 Å². The van der Waals surface area contributed by atoms with Crippen molar-refractivity contribution in [2.24, 2.45) is 0 Å². The number of anilines is 6. The second kappa shape index (κ2) is 29.0. The molecule has 3 nitrogen and oxygen atoms in total. The second-order valence-electron chi connectivity index (χ2n) is 34.2. The fourth-order valence-corrected chi connectivity index (χ4v) is 19.2. The molecule has 554 valence electrons. The van der Waals surface area contributed by atoms with Crippen molar-refractivity contribution in [3.05, 3.63) is 334 Å². The Morgan fingerprint density at radius 1 is 0.250 bits per heavy atom. The van der Waals surface area contributed by atoms with Gasteiger partial charge in [0.25, 0.3) is 6.71 Å². The molecule has 2 aliphatic rings. The van der Waals surface area contributed by atoms with Crippen LogP contribution in [0.5, 0.6) is 0 Å². The van der Waals surface area contributed by atoms with Gasteiger partial charge in [0.05, 0.1) is 16.7 Å². The molecule has 0 bridgehead atoms. The molecule has 0 saturated heterocycles. The van der Waals surface area contributed by atoms with Crippen LogP contribution < -0.4 is 26.2 Å². The van der Waals surface area contributed by atoms with Crippen LogP contribution >= 0.6 is 0 Å². The number of nitrogens with zero attached hydrogens (tertiary/aromatic N) is 3. The minimum atomic E-state index is -0.214. The van der Waals surface area contributed by atoms with Crippen molar-refractivity contribution in [2.75, 3.05) is 9.80 Å². The highest BCUT2D eigenvalue weighted by atomic mass is 15.2. The molecular formula is C108H104BN3. The Morgan fingerprint density at radius 3 is 1.07 bits per heavy atom. The summed E-state index contributed by atoms with van der Waals surface area (Å²) in [4.78, 5) is 5.34. The molecule has 0 radical (unpaired) electrons. The first-order valence-electron chi connectivity index (χ1n) is 41.1. The summed E-state index contributed by atoms with van der Waals surface area (Å²) in [6, 6.07) is 104. The molecule has 0 saturated carbocycles. The van der Waals surface area contributed by atoms with Crippen LogP contribution in [0.4, 0.5) is 34.1 Å². The van der Waals surface area contributed by atoms with E-state index >= 15 is 0 Å². The lowest BCUT2D eigenvalue weighted by Crippen LogP contribution is -2.61. The van der Waals surface area contributed by atoms with Crippen molar-refractivity contribution in [3.8, 4) is 83.6 Å². The molecular weight excluding hydrogens is 1350 g/mol. The van der Waals surface area contributed by atoms with Crippen LogP contribution in [0, 0.1) is 41.5 Å². The van der Waals surface area contributed by atoms with Crippen molar-refractivity contribution in [1.82, 2.24) is 4.57 Å². The number of benzene rings is 14. The largest absolute Gasteiger partial charge is 0.311 e. The molecule has 0 spiro atoms. The molecule has 0 aliphatic carbocycles. The van der Waals surface area contributed by atoms with Gasteiger partial charge in [-0.05, 0) is 294 Å². The lowest BCUT2D eigenvalue weighted by molar-refractivity contribution is 0.807. The summed E-state index contributed by atoms with van der Waals surface area (Å²) in [6.07, 6.45) is 0. The van der Waals surface area contributed by atoms with Gasteiger partial charge < -0.3 is 14.4 Å². The van der Waals surface area contributed by atoms with Crippen LogP contribution in [0.1, 0.15) is 185 Å². The smallest absolute Gasteiger partial charge is 0.252 e. The van der Waals surface area contributed by atoms with Gasteiger partial charge in [-0.2, -0.15) is 0 Å². The lowest BCUT2D eigenvalue weighted by atomic mass is 9.33. The molecule has 1 aromatic heterocycles. The van der Waals surface area contributed by atoms with Gasteiger partial charge in [0.2, 0.25) is 0 Å². The molecule has 112 heavy (non-hydrogen) atoms. The zero-order valence-corrected chi connectivity index (χ0v) is 68.8. The Balaban J connectivity index is 1.01. The summed E-state index contributed by atoms with van der Waals surface area (Å²) < 4.78 is 2.62. The third-order valence-electron chi connectivity index (χ3n) is 24.8. The SMILES string of the molecule is Cc1cccc(C)c1-c1ccc(N2c3ccc(-c4c(C)cccc4C)cc3B3c4ccc(-n5c6ccc(-c7c(C(C)C)cc(C(C)C)cc7C(C)C)cc6c6cc(-c7c(C(C)C)cc(C(C)C)cc7C(C)C)ccc65)cc4N(c4c(-c5ccccc5)cccc4-c4ccccc4)c4cc(-c5c(C)cccc5C)cc2c43)cc1. The van der Waals surface area contributed by atoms with E-state index in [1.807, 2.05) is 0 Å². The quantitative estimate of drug-likeness (QED) is 0.0894. The summed E-state index contributed by atoms with van der Waals surface area (Å²) >= 11 is 0. The third-order valence-corrected chi connectivity index (χ3v) is 24.8. The van der Waals surface area contributed by atoms with Gasteiger partial charge in [0, 0.05) is 56.0 Å².